The summed E-state index contributed by atoms with van der Waals surface area (Å²) in [6, 6.07) is 6.69. The van der Waals surface area contributed by atoms with Crippen molar-refractivity contribution >= 4 is 17.8 Å². The molecular weight excluding hydrogens is 362 g/mol. The number of carbonyl (C=O) groups excluding carboxylic acids is 2. The van der Waals surface area contributed by atoms with Gasteiger partial charge in [-0.15, -0.1) is 0 Å². The smallest absolute Gasteiger partial charge is 0.257 e. The van der Waals surface area contributed by atoms with Crippen LogP contribution in [0.5, 0.6) is 11.5 Å². The van der Waals surface area contributed by atoms with Crippen molar-refractivity contribution in [3.8, 4) is 11.5 Å². The summed E-state index contributed by atoms with van der Waals surface area (Å²) in [5, 5.41) is 2.55. The molecule has 2 amide bonds. The molecule has 150 valence electrons. The van der Waals surface area contributed by atoms with E-state index in [2.05, 4.69) is 26.1 Å². The van der Waals surface area contributed by atoms with E-state index in [1.807, 2.05) is 33.8 Å². The Bertz CT molecular complexity index is 821. The number of carbonyl (C=O) groups is 2. The number of hydrogen-bond acceptors (Lipinski definition) is 7. The number of nitrogens with zero attached hydrogens (tertiary/aromatic N) is 2. The van der Waals surface area contributed by atoms with E-state index in [-0.39, 0.29) is 12.5 Å². The predicted octanol–water partition coefficient (Wildman–Crippen LogP) is 1.76. The van der Waals surface area contributed by atoms with Gasteiger partial charge in [0, 0.05) is 17.0 Å². The third-order valence-electron chi connectivity index (χ3n) is 3.51. The minimum absolute atomic E-state index is 0.214. The molecular formula is C19H25N5O4. The fourth-order valence-electron chi connectivity index (χ4n) is 2.41. The summed E-state index contributed by atoms with van der Waals surface area (Å²) in [6.07, 6.45) is 0. The zero-order valence-corrected chi connectivity index (χ0v) is 16.5. The lowest BCUT2D eigenvalue weighted by Gasteiger charge is -2.12. The Morgan fingerprint density at radius 2 is 1.61 bits per heavy atom. The van der Waals surface area contributed by atoms with Gasteiger partial charge in [-0.05, 0) is 52.0 Å². The minimum Gasteiger partial charge on any atom is -0.490 e. The van der Waals surface area contributed by atoms with E-state index in [4.69, 9.17) is 9.47 Å². The quantitative estimate of drug-likeness (QED) is 0.562. The molecule has 9 heteroatoms. The average molecular weight is 387 g/mol. The molecule has 0 saturated carbocycles. The van der Waals surface area contributed by atoms with E-state index in [9.17, 15) is 9.59 Å². The Kier molecular flexibility index (Phi) is 7.55. The standard InChI is InChI=1S/C19H25N5O4/c1-5-27-15-8-7-14(10-16(15)28-6-2)18(26)20-11-17(25)23-24-19-21-12(3)9-13(4)22-19/h7-10H,5-6,11H2,1-4H3,(H,20,26)(H,23,25)(H,21,22,24). The zero-order chi connectivity index (χ0) is 20.5. The topological polar surface area (TPSA) is 114 Å². The molecule has 0 aliphatic carbocycles. The first-order valence-corrected chi connectivity index (χ1v) is 8.97. The van der Waals surface area contributed by atoms with Gasteiger partial charge in [0.15, 0.2) is 11.5 Å². The van der Waals surface area contributed by atoms with E-state index in [1.54, 1.807) is 18.2 Å². The second-order valence-corrected chi connectivity index (χ2v) is 5.86. The van der Waals surface area contributed by atoms with Crippen LogP contribution in [0.1, 0.15) is 35.6 Å². The van der Waals surface area contributed by atoms with Gasteiger partial charge < -0.3 is 14.8 Å². The summed E-state index contributed by atoms with van der Waals surface area (Å²) in [5.74, 6) is 0.491. The second kappa shape index (κ2) is 10.1. The van der Waals surface area contributed by atoms with Gasteiger partial charge in [-0.2, -0.15) is 0 Å². The average Bonchev–Trinajstić information content (AvgIpc) is 2.65. The lowest BCUT2D eigenvalue weighted by Crippen LogP contribution is -2.39. The first kappa shape index (κ1) is 20.9. The minimum atomic E-state index is -0.438. The van der Waals surface area contributed by atoms with Crippen LogP contribution in [-0.2, 0) is 4.79 Å². The van der Waals surface area contributed by atoms with Crippen LogP contribution in [0.2, 0.25) is 0 Å². The third-order valence-corrected chi connectivity index (χ3v) is 3.51. The van der Waals surface area contributed by atoms with Gasteiger partial charge in [0.2, 0.25) is 5.95 Å². The number of hydrogen-bond donors (Lipinski definition) is 3. The highest BCUT2D eigenvalue weighted by molar-refractivity contribution is 5.97. The van der Waals surface area contributed by atoms with Crippen molar-refractivity contribution in [3.63, 3.8) is 0 Å². The molecule has 0 aliphatic heterocycles. The van der Waals surface area contributed by atoms with Crippen molar-refractivity contribution in [2.24, 2.45) is 0 Å². The summed E-state index contributed by atoms with van der Waals surface area (Å²) in [7, 11) is 0. The molecule has 1 aromatic heterocycles. The summed E-state index contributed by atoms with van der Waals surface area (Å²) in [4.78, 5) is 32.5. The van der Waals surface area contributed by atoms with Crippen molar-refractivity contribution in [2.75, 3.05) is 25.2 Å². The monoisotopic (exact) mass is 387 g/mol. The molecule has 0 aliphatic rings. The highest BCUT2D eigenvalue weighted by atomic mass is 16.5. The van der Waals surface area contributed by atoms with Crippen molar-refractivity contribution in [1.82, 2.24) is 20.7 Å². The first-order chi connectivity index (χ1) is 13.4. The fourth-order valence-corrected chi connectivity index (χ4v) is 2.41. The van der Waals surface area contributed by atoms with E-state index in [0.717, 1.165) is 11.4 Å². The van der Waals surface area contributed by atoms with E-state index in [1.165, 1.54) is 0 Å². The second-order valence-electron chi connectivity index (χ2n) is 5.86. The molecule has 28 heavy (non-hydrogen) atoms. The lowest BCUT2D eigenvalue weighted by atomic mass is 10.2. The molecule has 0 bridgehead atoms. The maximum atomic E-state index is 12.3. The molecule has 9 nitrogen and oxygen atoms in total. The van der Waals surface area contributed by atoms with E-state index < -0.39 is 11.8 Å². The van der Waals surface area contributed by atoms with Gasteiger partial charge in [0.1, 0.15) is 0 Å². The highest BCUT2D eigenvalue weighted by Gasteiger charge is 2.13. The Balaban J connectivity index is 1.90. The normalized spacial score (nSPS) is 10.1. The Hall–Kier alpha value is -3.36. The van der Waals surface area contributed by atoms with Crippen LogP contribution in [0.15, 0.2) is 24.3 Å². The van der Waals surface area contributed by atoms with Gasteiger partial charge in [0.05, 0.1) is 19.8 Å². The molecule has 3 N–H and O–H groups in total. The number of hydrazine groups is 1. The number of aromatic nitrogens is 2. The summed E-state index contributed by atoms with van der Waals surface area (Å²) in [6.45, 7) is 8.09. The summed E-state index contributed by atoms with van der Waals surface area (Å²) < 4.78 is 11.0. The van der Waals surface area contributed by atoms with Crippen molar-refractivity contribution in [3.05, 3.63) is 41.2 Å². The fraction of sp³-hybridized carbons (Fsp3) is 0.368. The largest absolute Gasteiger partial charge is 0.490 e. The maximum Gasteiger partial charge on any atom is 0.257 e. The number of ether oxygens (including phenoxy) is 2. The Morgan fingerprint density at radius 1 is 0.964 bits per heavy atom. The van der Waals surface area contributed by atoms with Crippen LogP contribution >= 0.6 is 0 Å². The molecule has 0 atom stereocenters. The third kappa shape index (κ3) is 6.11. The molecule has 2 aromatic rings. The van der Waals surface area contributed by atoms with Crippen molar-refractivity contribution < 1.29 is 19.1 Å². The molecule has 1 aromatic carbocycles. The number of anilines is 1. The Morgan fingerprint density at radius 3 is 2.25 bits per heavy atom. The molecule has 0 unspecified atom stereocenters. The van der Waals surface area contributed by atoms with Gasteiger partial charge in [-0.1, -0.05) is 0 Å². The molecule has 0 fully saturated rings. The van der Waals surface area contributed by atoms with Crippen LogP contribution in [0.25, 0.3) is 0 Å². The summed E-state index contributed by atoms with van der Waals surface area (Å²) >= 11 is 0. The number of benzene rings is 1. The SMILES string of the molecule is CCOc1ccc(C(=O)NCC(=O)NNc2nc(C)cc(C)n2)cc1OCC. The number of nitrogens with one attached hydrogen (secondary N) is 3. The van der Waals surface area contributed by atoms with Crippen LogP contribution in [-0.4, -0.2) is 41.5 Å². The van der Waals surface area contributed by atoms with Crippen LogP contribution in [0.4, 0.5) is 5.95 Å². The maximum absolute atomic E-state index is 12.3. The molecule has 2 rings (SSSR count). The number of rotatable bonds is 9. The highest BCUT2D eigenvalue weighted by Crippen LogP contribution is 2.28. The molecule has 1 heterocycles. The zero-order valence-electron chi connectivity index (χ0n) is 16.5. The molecule has 0 saturated heterocycles. The van der Waals surface area contributed by atoms with Gasteiger partial charge in [-0.3, -0.25) is 20.4 Å². The molecule has 0 spiro atoms. The lowest BCUT2D eigenvalue weighted by molar-refractivity contribution is -0.119. The Labute approximate surface area is 163 Å². The van der Waals surface area contributed by atoms with Gasteiger partial charge in [0.25, 0.3) is 11.8 Å². The van der Waals surface area contributed by atoms with E-state index in [0.29, 0.717) is 30.3 Å². The van der Waals surface area contributed by atoms with E-state index >= 15 is 0 Å². The van der Waals surface area contributed by atoms with Crippen molar-refractivity contribution in [2.45, 2.75) is 27.7 Å². The first-order valence-electron chi connectivity index (χ1n) is 8.97. The summed E-state index contributed by atoms with van der Waals surface area (Å²) in [5.41, 5.74) is 6.99. The molecule has 0 radical (unpaired) electrons. The van der Waals surface area contributed by atoms with Crippen LogP contribution < -0.4 is 25.6 Å². The van der Waals surface area contributed by atoms with Gasteiger partial charge in [-0.25, -0.2) is 9.97 Å². The van der Waals surface area contributed by atoms with Crippen LogP contribution in [0.3, 0.4) is 0 Å². The number of aryl methyl sites for hydroxylation is 2. The predicted molar refractivity (Wildman–Crippen MR) is 104 cm³/mol. The van der Waals surface area contributed by atoms with Crippen molar-refractivity contribution in [1.29, 1.82) is 0 Å². The number of amides is 2. The van der Waals surface area contributed by atoms with Crippen LogP contribution in [0, 0.1) is 13.8 Å². The van der Waals surface area contributed by atoms with Gasteiger partial charge >= 0.3 is 0 Å².